The number of alkyl halides is 3. The largest absolute Gasteiger partial charge is 0.468 e. The van der Waals surface area contributed by atoms with Crippen LogP contribution in [0.5, 0.6) is 0 Å². The predicted molar refractivity (Wildman–Crippen MR) is 193 cm³/mol. The first-order valence-electron chi connectivity index (χ1n) is 17.1. The number of carbonyl (C=O) groups excluding carboxylic acids is 4. The average molecular weight is 768 g/mol. The van der Waals surface area contributed by atoms with Gasteiger partial charge in [0.15, 0.2) is 12.2 Å². The number of benzene rings is 5. The number of rotatable bonds is 11. The second-order valence-electron chi connectivity index (χ2n) is 12.1. The first kappa shape index (κ1) is 38.9. The topological polar surface area (TPSA) is 136 Å². The number of ether oxygens (including phenoxy) is 6. The third-order valence-electron chi connectivity index (χ3n) is 8.19. The highest BCUT2D eigenvalue weighted by Crippen LogP contribution is 2.34. The molecule has 0 aromatic heterocycles. The fraction of sp³-hybridized carbons (Fsp3) is 0.167. The Bertz CT molecular complexity index is 2120. The van der Waals surface area contributed by atoms with Crippen molar-refractivity contribution in [2.75, 3.05) is 6.61 Å². The molecule has 0 saturated carbocycles. The molecule has 0 radical (unpaired) electrons. The first-order valence-corrected chi connectivity index (χ1v) is 17.1. The number of hydrogen-bond acceptors (Lipinski definition) is 11. The maximum absolute atomic E-state index is 14.7. The summed E-state index contributed by atoms with van der Waals surface area (Å²) in [6.45, 7) is -0.768. The van der Waals surface area contributed by atoms with Crippen LogP contribution in [-0.4, -0.2) is 73.3 Å². The molecule has 1 fully saturated rings. The van der Waals surface area contributed by atoms with E-state index in [9.17, 15) is 32.3 Å². The Morgan fingerprint density at radius 1 is 0.500 bits per heavy atom. The van der Waals surface area contributed by atoms with Crippen molar-refractivity contribution in [1.82, 2.24) is 0 Å². The maximum atomic E-state index is 14.7. The lowest BCUT2D eigenvalue weighted by Gasteiger charge is -2.44. The minimum atomic E-state index is -5.24. The van der Waals surface area contributed by atoms with E-state index in [0.717, 1.165) is 0 Å². The number of para-hydroxylation sites is 1. The van der Waals surface area contributed by atoms with Crippen molar-refractivity contribution in [3.8, 4) is 0 Å². The van der Waals surface area contributed by atoms with Gasteiger partial charge in [-0.15, -0.1) is 0 Å². The second kappa shape index (κ2) is 18.0. The number of nitrogens with zero attached hydrogens (tertiary/aromatic N) is 1. The maximum Gasteiger partial charge on any atom is 0.468 e. The fourth-order valence-electron chi connectivity index (χ4n) is 5.51. The molecule has 14 heteroatoms. The monoisotopic (exact) mass is 767 g/mol. The molecule has 0 unspecified atom stereocenters. The smallest absolute Gasteiger partial charge is 0.459 e. The summed E-state index contributed by atoms with van der Waals surface area (Å²) in [5, 5.41) is 0. The van der Waals surface area contributed by atoms with Gasteiger partial charge >= 0.3 is 30.1 Å². The lowest BCUT2D eigenvalue weighted by Crippen LogP contribution is -2.63. The second-order valence-corrected chi connectivity index (χ2v) is 12.1. The third-order valence-corrected chi connectivity index (χ3v) is 8.19. The van der Waals surface area contributed by atoms with Crippen LogP contribution in [0.25, 0.3) is 0 Å². The van der Waals surface area contributed by atoms with Gasteiger partial charge in [-0.3, -0.25) is 0 Å². The summed E-state index contributed by atoms with van der Waals surface area (Å²) >= 11 is 0. The number of carbonyl (C=O) groups is 4. The Kier molecular flexibility index (Phi) is 12.5. The van der Waals surface area contributed by atoms with Crippen LogP contribution in [0.1, 0.15) is 41.4 Å². The van der Waals surface area contributed by atoms with Gasteiger partial charge in [-0.2, -0.15) is 13.2 Å². The molecule has 0 aliphatic carbocycles. The molecule has 56 heavy (non-hydrogen) atoms. The molecule has 5 aromatic rings. The van der Waals surface area contributed by atoms with Crippen molar-refractivity contribution in [2.45, 2.75) is 36.9 Å². The lowest BCUT2D eigenvalue weighted by molar-refractivity contribution is -0.283. The van der Waals surface area contributed by atoms with Gasteiger partial charge in [0.1, 0.15) is 12.7 Å². The Morgan fingerprint density at radius 3 is 1.30 bits per heavy atom. The van der Waals surface area contributed by atoms with E-state index in [-0.39, 0.29) is 27.9 Å². The Hall–Kier alpha value is -6.80. The molecule has 6 rings (SSSR count). The van der Waals surface area contributed by atoms with Crippen LogP contribution in [0.4, 0.5) is 18.9 Å². The van der Waals surface area contributed by atoms with Gasteiger partial charge in [0, 0.05) is 0 Å². The normalized spacial score (nSPS) is 19.6. The first-order chi connectivity index (χ1) is 27.1. The summed E-state index contributed by atoms with van der Waals surface area (Å²) in [6, 6.07) is 37.3. The van der Waals surface area contributed by atoms with Gasteiger partial charge in [-0.25, -0.2) is 24.2 Å². The molecule has 0 amide bonds. The van der Waals surface area contributed by atoms with E-state index in [2.05, 4.69) is 4.99 Å². The summed E-state index contributed by atoms with van der Waals surface area (Å²) in [4.78, 5) is 57.7. The highest BCUT2D eigenvalue weighted by atomic mass is 19.4. The molecule has 11 nitrogen and oxygen atoms in total. The molecule has 1 aliphatic heterocycles. The van der Waals surface area contributed by atoms with Crippen molar-refractivity contribution in [3.05, 3.63) is 174 Å². The van der Waals surface area contributed by atoms with Crippen LogP contribution in [0.15, 0.2) is 157 Å². The van der Waals surface area contributed by atoms with Crippen LogP contribution in [0, 0.1) is 0 Å². The number of halogens is 3. The minimum Gasteiger partial charge on any atom is -0.459 e. The van der Waals surface area contributed by atoms with E-state index in [1.807, 2.05) is 0 Å². The zero-order valence-corrected chi connectivity index (χ0v) is 29.2. The summed E-state index contributed by atoms with van der Waals surface area (Å²) in [5.41, 5.74) is -0.0451. The molecule has 1 aliphatic rings. The van der Waals surface area contributed by atoms with Gasteiger partial charge < -0.3 is 28.4 Å². The SMILES string of the molecule is O=C(OC[C@H]1O[C@H](O/C(=N\c2ccccc2)C(F)(F)F)[C@H](OC(=O)c2ccccc2)[C@@H](OC(=O)c2ccccc2)[C@@H]1OC(=O)c1ccccc1)c1ccccc1. The number of hydrogen-bond donors (Lipinski definition) is 0. The summed E-state index contributed by atoms with van der Waals surface area (Å²) in [5.74, 6) is -5.77. The molecule has 1 heterocycles. The Labute approximate surface area is 318 Å². The Balaban J connectivity index is 1.46. The summed E-state index contributed by atoms with van der Waals surface area (Å²) in [6.07, 6.45) is -15.0. The van der Waals surface area contributed by atoms with E-state index in [1.54, 1.807) is 54.6 Å². The van der Waals surface area contributed by atoms with E-state index >= 15 is 0 Å². The van der Waals surface area contributed by atoms with Crippen LogP contribution >= 0.6 is 0 Å². The van der Waals surface area contributed by atoms with Crippen molar-refractivity contribution >= 4 is 35.5 Å². The molecule has 286 valence electrons. The van der Waals surface area contributed by atoms with Crippen molar-refractivity contribution in [2.24, 2.45) is 4.99 Å². The fourth-order valence-corrected chi connectivity index (χ4v) is 5.51. The molecular weight excluding hydrogens is 735 g/mol. The Morgan fingerprint density at radius 2 is 0.875 bits per heavy atom. The molecule has 0 spiro atoms. The molecule has 0 bridgehead atoms. The zero-order chi connectivity index (χ0) is 39.5. The summed E-state index contributed by atoms with van der Waals surface area (Å²) in [7, 11) is 0. The molecule has 1 saturated heterocycles. The lowest BCUT2D eigenvalue weighted by atomic mass is 9.97. The molecule has 5 atom stereocenters. The third kappa shape index (κ3) is 10.0. The average Bonchev–Trinajstić information content (AvgIpc) is 3.22. The van der Waals surface area contributed by atoms with Gasteiger partial charge in [-0.05, 0) is 60.7 Å². The number of aliphatic imine (C=N–C) groups is 1. The standard InChI is InChI=1S/C42H32F3NO10/c43-42(44,45)41(46-31-24-14-5-15-25-31)56-40-35(55-39(50)30-22-12-4-13-23-30)34(54-38(49)29-20-10-3-11-21-29)33(53-37(48)28-18-8-2-9-19-28)32(52-40)26-51-36(47)27-16-6-1-7-17-27/h1-25,32-35,40H,26H2/b46-41-/t32-,33-,34+,35-,40-/m1/s1. The van der Waals surface area contributed by atoms with E-state index in [1.165, 1.54) is 97.1 Å². The predicted octanol–water partition coefficient (Wildman–Crippen LogP) is 7.55. The summed E-state index contributed by atoms with van der Waals surface area (Å²) < 4.78 is 78.6. The highest BCUT2D eigenvalue weighted by molar-refractivity contribution is 5.92. The van der Waals surface area contributed by atoms with Crippen molar-refractivity contribution in [1.29, 1.82) is 0 Å². The highest BCUT2D eigenvalue weighted by Gasteiger charge is 2.56. The van der Waals surface area contributed by atoms with Crippen LogP contribution in [0.2, 0.25) is 0 Å². The van der Waals surface area contributed by atoms with Crippen LogP contribution in [-0.2, 0) is 28.4 Å². The van der Waals surface area contributed by atoms with E-state index < -0.39 is 73.3 Å². The van der Waals surface area contributed by atoms with Crippen LogP contribution < -0.4 is 0 Å². The minimum absolute atomic E-state index is 0.00796. The van der Waals surface area contributed by atoms with E-state index in [0.29, 0.717) is 0 Å². The van der Waals surface area contributed by atoms with Gasteiger partial charge in [0.25, 0.3) is 5.90 Å². The van der Waals surface area contributed by atoms with E-state index in [4.69, 9.17) is 28.4 Å². The van der Waals surface area contributed by atoms with Crippen LogP contribution in [0.3, 0.4) is 0 Å². The van der Waals surface area contributed by atoms with Gasteiger partial charge in [-0.1, -0.05) is 91.0 Å². The molecule has 5 aromatic carbocycles. The van der Waals surface area contributed by atoms with Crippen molar-refractivity contribution in [3.63, 3.8) is 0 Å². The quantitative estimate of drug-likeness (QED) is 0.0574. The molecule has 0 N–H and O–H groups in total. The van der Waals surface area contributed by atoms with Gasteiger partial charge in [0.05, 0.1) is 27.9 Å². The van der Waals surface area contributed by atoms with Gasteiger partial charge in [0.2, 0.25) is 12.4 Å². The number of esters is 4. The zero-order valence-electron chi connectivity index (χ0n) is 29.2. The van der Waals surface area contributed by atoms with Crippen molar-refractivity contribution < 1.29 is 60.8 Å². The molecular formula is C42H32F3NO10.